The molecule has 0 bridgehead atoms. The van der Waals surface area contributed by atoms with Crippen LogP contribution in [0.3, 0.4) is 0 Å². The molecule has 1 aromatic carbocycles. The quantitative estimate of drug-likeness (QED) is 0.428. The molecule has 0 saturated carbocycles. The van der Waals surface area contributed by atoms with E-state index in [1.54, 1.807) is 0 Å². The Morgan fingerprint density at radius 3 is 2.84 bits per heavy atom. The van der Waals surface area contributed by atoms with Gasteiger partial charge in [0, 0.05) is 11.3 Å². The fourth-order valence-corrected chi connectivity index (χ4v) is 3.83. The van der Waals surface area contributed by atoms with Crippen molar-refractivity contribution in [2.24, 2.45) is 5.73 Å². The number of amides is 1. The van der Waals surface area contributed by atoms with Crippen molar-refractivity contribution in [3.8, 4) is 11.3 Å². The number of nitrogen functional groups attached to an aromatic ring is 1. The summed E-state index contributed by atoms with van der Waals surface area (Å²) in [6.45, 7) is 1.82. The Morgan fingerprint density at radius 2 is 2.16 bits per heavy atom. The molecule has 0 atom stereocenters. The van der Waals surface area contributed by atoms with E-state index in [1.807, 2.05) is 31.2 Å². The van der Waals surface area contributed by atoms with Crippen LogP contribution in [0.15, 0.2) is 24.3 Å². The summed E-state index contributed by atoms with van der Waals surface area (Å²) in [5, 5.41) is 3.75. The van der Waals surface area contributed by atoms with Gasteiger partial charge in [0.05, 0.1) is 27.0 Å². The molecular formula is C16H14BrN5OS2. The van der Waals surface area contributed by atoms with Gasteiger partial charge in [-0.1, -0.05) is 40.3 Å². The van der Waals surface area contributed by atoms with E-state index < -0.39 is 0 Å². The van der Waals surface area contributed by atoms with Crippen LogP contribution in [0.25, 0.3) is 21.5 Å². The molecule has 2 heterocycles. The highest BCUT2D eigenvalue weighted by molar-refractivity contribution is 9.09. The number of nitrogens with one attached hydrogen (secondary N) is 1. The summed E-state index contributed by atoms with van der Waals surface area (Å²) < 4.78 is 0. The van der Waals surface area contributed by atoms with Gasteiger partial charge in [-0.25, -0.2) is 9.97 Å². The fraction of sp³-hybridized carbons (Fsp3) is 0.125. The summed E-state index contributed by atoms with van der Waals surface area (Å²) >= 11 is 9.56. The third kappa shape index (κ3) is 3.48. The molecule has 0 fully saturated rings. The number of aromatic nitrogens is 2. The van der Waals surface area contributed by atoms with Gasteiger partial charge in [0.1, 0.15) is 15.6 Å². The molecule has 1 amide bonds. The Balaban J connectivity index is 2.20. The Morgan fingerprint density at radius 1 is 1.40 bits per heavy atom. The first-order chi connectivity index (χ1) is 11.9. The summed E-state index contributed by atoms with van der Waals surface area (Å²) in [7, 11) is 0. The monoisotopic (exact) mass is 435 g/mol. The second kappa shape index (κ2) is 7.03. The first-order valence-corrected chi connectivity index (χ1v) is 9.58. The number of benzene rings is 1. The van der Waals surface area contributed by atoms with E-state index in [4.69, 9.17) is 23.7 Å². The summed E-state index contributed by atoms with van der Waals surface area (Å²) in [4.78, 5) is 22.2. The third-order valence-corrected chi connectivity index (χ3v) is 5.44. The van der Waals surface area contributed by atoms with Crippen LogP contribution in [-0.4, -0.2) is 26.2 Å². The predicted molar refractivity (Wildman–Crippen MR) is 110 cm³/mol. The molecule has 9 heteroatoms. The van der Waals surface area contributed by atoms with Crippen LogP contribution >= 0.6 is 39.5 Å². The molecule has 0 aliphatic rings. The van der Waals surface area contributed by atoms with Crippen LogP contribution in [0.2, 0.25) is 0 Å². The maximum absolute atomic E-state index is 11.6. The number of thiocarbonyl (C=S) groups is 1. The van der Waals surface area contributed by atoms with Gasteiger partial charge >= 0.3 is 0 Å². The number of alkyl halides is 1. The smallest absolute Gasteiger partial charge is 0.235 e. The number of anilines is 2. The zero-order valence-electron chi connectivity index (χ0n) is 13.2. The molecule has 5 N–H and O–H groups in total. The minimum atomic E-state index is -0.132. The Labute approximate surface area is 161 Å². The number of aryl methyl sites for hydroxylation is 1. The standard InChI is InChI=1S/C16H14BrN5OS2/c1-7-20-13(8-3-2-4-9(5-8)22-10(23)6-17)11-12(18)14(15(19)24)25-16(11)21-7/h2-5H,6,18H2,1H3,(H2,19,24)(H,22,23). The molecule has 128 valence electrons. The average molecular weight is 436 g/mol. The van der Waals surface area contributed by atoms with Gasteiger partial charge in [-0.15, -0.1) is 11.3 Å². The number of halogens is 1. The van der Waals surface area contributed by atoms with E-state index in [9.17, 15) is 4.79 Å². The summed E-state index contributed by atoms with van der Waals surface area (Å²) in [6, 6.07) is 7.41. The van der Waals surface area contributed by atoms with Crippen LogP contribution < -0.4 is 16.8 Å². The van der Waals surface area contributed by atoms with E-state index in [-0.39, 0.29) is 16.2 Å². The maximum atomic E-state index is 11.6. The summed E-state index contributed by atoms with van der Waals surface area (Å²) in [5.41, 5.74) is 14.7. The molecule has 0 aliphatic carbocycles. The maximum Gasteiger partial charge on any atom is 0.235 e. The number of hydrogen-bond donors (Lipinski definition) is 3. The zero-order valence-corrected chi connectivity index (χ0v) is 16.4. The molecule has 25 heavy (non-hydrogen) atoms. The normalized spacial score (nSPS) is 10.8. The van der Waals surface area contributed by atoms with Crippen molar-refractivity contribution >= 4 is 72.0 Å². The van der Waals surface area contributed by atoms with Gasteiger partial charge in [0.2, 0.25) is 5.91 Å². The first kappa shape index (κ1) is 17.7. The molecule has 0 radical (unpaired) electrons. The number of nitrogens with zero attached hydrogens (tertiary/aromatic N) is 2. The molecule has 3 rings (SSSR count). The van der Waals surface area contributed by atoms with E-state index in [0.29, 0.717) is 27.8 Å². The van der Waals surface area contributed by atoms with Crippen molar-refractivity contribution in [3.05, 3.63) is 35.0 Å². The summed E-state index contributed by atoms with van der Waals surface area (Å²) in [6.07, 6.45) is 0. The van der Waals surface area contributed by atoms with Crippen molar-refractivity contribution in [3.63, 3.8) is 0 Å². The Bertz CT molecular complexity index is 1000. The van der Waals surface area contributed by atoms with Crippen molar-refractivity contribution in [1.29, 1.82) is 0 Å². The van der Waals surface area contributed by atoms with Gasteiger partial charge in [-0.3, -0.25) is 4.79 Å². The van der Waals surface area contributed by atoms with Gasteiger partial charge in [0.25, 0.3) is 0 Å². The number of carbonyl (C=O) groups excluding carboxylic acids is 1. The Hall–Kier alpha value is -2.10. The first-order valence-electron chi connectivity index (χ1n) is 7.23. The Kier molecular flexibility index (Phi) is 4.98. The van der Waals surface area contributed by atoms with Crippen LogP contribution in [-0.2, 0) is 4.79 Å². The highest BCUT2D eigenvalue weighted by atomic mass is 79.9. The van der Waals surface area contributed by atoms with E-state index >= 15 is 0 Å². The predicted octanol–water partition coefficient (Wildman–Crippen LogP) is 3.22. The number of fused-ring (bicyclic) bond motifs is 1. The fourth-order valence-electron chi connectivity index (χ4n) is 2.46. The SMILES string of the molecule is Cc1nc(-c2cccc(NC(=O)CBr)c2)c2c(N)c(C(N)=S)sc2n1. The third-order valence-electron chi connectivity index (χ3n) is 3.47. The lowest BCUT2D eigenvalue weighted by Crippen LogP contribution is -2.12. The molecule has 0 aliphatic heterocycles. The van der Waals surface area contributed by atoms with Gasteiger partial charge in [0.15, 0.2) is 0 Å². The highest BCUT2D eigenvalue weighted by Gasteiger charge is 2.19. The topological polar surface area (TPSA) is 107 Å². The molecule has 3 aromatic rings. The zero-order chi connectivity index (χ0) is 18.1. The number of hydrogen-bond acceptors (Lipinski definition) is 6. The van der Waals surface area contributed by atoms with E-state index in [1.165, 1.54) is 11.3 Å². The van der Waals surface area contributed by atoms with Crippen molar-refractivity contribution in [2.45, 2.75) is 6.92 Å². The molecule has 6 nitrogen and oxygen atoms in total. The van der Waals surface area contributed by atoms with Crippen molar-refractivity contribution in [2.75, 3.05) is 16.4 Å². The molecule has 0 spiro atoms. The number of carbonyl (C=O) groups is 1. The van der Waals surface area contributed by atoms with Crippen molar-refractivity contribution in [1.82, 2.24) is 9.97 Å². The lowest BCUT2D eigenvalue weighted by Gasteiger charge is -2.08. The molecule has 0 saturated heterocycles. The van der Waals surface area contributed by atoms with Crippen LogP contribution in [0, 0.1) is 6.92 Å². The van der Waals surface area contributed by atoms with E-state index in [2.05, 4.69) is 31.2 Å². The largest absolute Gasteiger partial charge is 0.397 e. The second-order valence-electron chi connectivity index (χ2n) is 5.27. The van der Waals surface area contributed by atoms with Crippen LogP contribution in [0.1, 0.15) is 10.7 Å². The molecular weight excluding hydrogens is 422 g/mol. The van der Waals surface area contributed by atoms with Crippen molar-refractivity contribution < 1.29 is 4.79 Å². The minimum absolute atomic E-state index is 0.132. The number of rotatable bonds is 4. The van der Waals surface area contributed by atoms with Crippen LogP contribution in [0.4, 0.5) is 11.4 Å². The van der Waals surface area contributed by atoms with Gasteiger partial charge < -0.3 is 16.8 Å². The molecule has 0 unspecified atom stereocenters. The average Bonchev–Trinajstić information content (AvgIpc) is 2.91. The van der Waals surface area contributed by atoms with E-state index in [0.717, 1.165) is 15.8 Å². The lowest BCUT2D eigenvalue weighted by atomic mass is 10.1. The summed E-state index contributed by atoms with van der Waals surface area (Å²) in [5.74, 6) is 0.486. The minimum Gasteiger partial charge on any atom is -0.397 e. The second-order valence-corrected chi connectivity index (χ2v) is 7.27. The number of thiophene rings is 1. The molecule has 2 aromatic heterocycles. The highest BCUT2D eigenvalue weighted by Crippen LogP contribution is 2.38. The number of nitrogens with two attached hydrogens (primary N) is 2. The van der Waals surface area contributed by atoms with Crippen LogP contribution in [0.5, 0.6) is 0 Å². The van der Waals surface area contributed by atoms with Gasteiger partial charge in [-0.05, 0) is 19.1 Å². The van der Waals surface area contributed by atoms with Gasteiger partial charge in [-0.2, -0.15) is 0 Å². The lowest BCUT2D eigenvalue weighted by molar-refractivity contribution is -0.113.